The number of benzene rings is 1. The fraction of sp³-hybridized carbons (Fsp3) is 0.333. The molecule has 3 aromatic heterocycles. The predicted molar refractivity (Wildman–Crippen MR) is 120 cm³/mol. The van der Waals surface area contributed by atoms with E-state index in [2.05, 4.69) is 30.8 Å². The summed E-state index contributed by atoms with van der Waals surface area (Å²) in [6, 6.07) is -0.171. The Kier molecular flexibility index (Phi) is 5.37. The van der Waals surface area contributed by atoms with E-state index in [4.69, 9.17) is 16.3 Å². The Bertz CT molecular complexity index is 1370. The van der Waals surface area contributed by atoms with Gasteiger partial charge in [0.25, 0.3) is 0 Å². The van der Waals surface area contributed by atoms with Crippen molar-refractivity contribution in [1.82, 2.24) is 24.6 Å². The Morgan fingerprint density at radius 3 is 2.94 bits per heavy atom. The number of amides is 1. The van der Waals surface area contributed by atoms with Gasteiger partial charge in [-0.15, -0.1) is 0 Å². The number of fused-ring (bicyclic) bond motifs is 2. The Morgan fingerprint density at radius 2 is 2.21 bits per heavy atom. The first-order chi connectivity index (χ1) is 15.9. The number of ether oxygens (including phenoxy) is 1. The highest BCUT2D eigenvalue weighted by atomic mass is 35.5. The monoisotopic (exact) mass is 475 g/mol. The van der Waals surface area contributed by atoms with Crippen molar-refractivity contribution in [2.75, 3.05) is 24.4 Å². The van der Waals surface area contributed by atoms with Crippen molar-refractivity contribution < 1.29 is 18.3 Å². The van der Waals surface area contributed by atoms with Crippen LogP contribution in [0.25, 0.3) is 27.8 Å². The molecule has 1 aliphatic rings. The second-order valence-electron chi connectivity index (χ2n) is 8.05. The number of alkyl halides is 1. The Morgan fingerprint density at radius 1 is 1.42 bits per heavy atom. The molecule has 3 heterocycles. The van der Waals surface area contributed by atoms with Crippen LogP contribution in [0, 0.1) is 11.7 Å². The van der Waals surface area contributed by atoms with Gasteiger partial charge in [-0.05, 0) is 13.3 Å². The van der Waals surface area contributed by atoms with Gasteiger partial charge in [-0.2, -0.15) is 5.10 Å². The van der Waals surface area contributed by atoms with Crippen LogP contribution in [0.2, 0.25) is 5.02 Å². The molecule has 33 heavy (non-hydrogen) atoms. The summed E-state index contributed by atoms with van der Waals surface area (Å²) >= 11 is 6.46. The number of aromatic amines is 1. The molecule has 9 nitrogen and oxygen atoms in total. The highest BCUT2D eigenvalue weighted by Crippen LogP contribution is 2.41. The fourth-order valence-electron chi connectivity index (χ4n) is 3.78. The highest BCUT2D eigenvalue weighted by Gasteiger charge is 2.43. The lowest BCUT2D eigenvalue weighted by atomic mass is 10.0. The first kappa shape index (κ1) is 21.5. The third-order valence-corrected chi connectivity index (χ3v) is 5.85. The van der Waals surface area contributed by atoms with E-state index in [9.17, 15) is 9.18 Å². The average Bonchev–Trinajstić information content (AvgIpc) is 3.15. The third-order valence-electron chi connectivity index (χ3n) is 5.50. The van der Waals surface area contributed by atoms with E-state index in [0.717, 1.165) is 0 Å². The standard InChI is InChI=1S/C21H20ClF2N7O2/c1-9(8-33-2)27-20-18(24)17(22)16(11-4-26-30-19(11)20)13-6-31-7-14(28-15(31)5-25-13)29-21(32)10-3-12(10)23/h4-7,9-10,12,27H,3,8H2,1-2H3,(H,26,30)(H,29,32). The lowest BCUT2D eigenvalue weighted by Gasteiger charge is -2.18. The first-order valence-corrected chi connectivity index (χ1v) is 10.6. The maximum atomic E-state index is 15.3. The topological polar surface area (TPSA) is 109 Å². The number of nitrogens with zero attached hydrogens (tertiary/aromatic N) is 4. The minimum Gasteiger partial charge on any atom is -0.383 e. The Labute approximate surface area is 191 Å². The number of methoxy groups -OCH3 is 1. The van der Waals surface area contributed by atoms with Crippen LogP contribution < -0.4 is 10.6 Å². The molecule has 1 aromatic carbocycles. The molecule has 4 aromatic rings. The lowest BCUT2D eigenvalue weighted by molar-refractivity contribution is -0.117. The maximum absolute atomic E-state index is 15.3. The normalized spacial score (nSPS) is 18.6. The van der Waals surface area contributed by atoms with Gasteiger partial charge in [-0.3, -0.25) is 14.9 Å². The summed E-state index contributed by atoms with van der Waals surface area (Å²) < 4.78 is 35.2. The van der Waals surface area contributed by atoms with E-state index in [-0.39, 0.29) is 29.0 Å². The van der Waals surface area contributed by atoms with Gasteiger partial charge in [0.2, 0.25) is 5.91 Å². The molecule has 1 aliphatic carbocycles. The van der Waals surface area contributed by atoms with Crippen molar-refractivity contribution in [3.8, 4) is 11.3 Å². The van der Waals surface area contributed by atoms with Crippen molar-refractivity contribution in [3.63, 3.8) is 0 Å². The quantitative estimate of drug-likeness (QED) is 0.375. The molecule has 5 rings (SSSR count). The molecule has 3 N–H and O–H groups in total. The molecular weight excluding hydrogens is 456 g/mol. The number of halogens is 3. The van der Waals surface area contributed by atoms with E-state index < -0.39 is 23.8 Å². The second kappa shape index (κ2) is 8.23. The summed E-state index contributed by atoms with van der Waals surface area (Å²) in [4.78, 5) is 20.7. The SMILES string of the molecule is COCC(C)Nc1c(F)c(Cl)c(-c2cn3cc(NC(=O)C4CC4F)nc3cn2)c2cn[nH]c12. The van der Waals surface area contributed by atoms with Crippen LogP contribution >= 0.6 is 11.6 Å². The number of carbonyl (C=O) groups excluding carboxylic acids is 1. The highest BCUT2D eigenvalue weighted by molar-refractivity contribution is 6.35. The van der Waals surface area contributed by atoms with E-state index in [1.54, 1.807) is 30.1 Å². The molecule has 1 saturated carbocycles. The van der Waals surface area contributed by atoms with Gasteiger partial charge in [0.05, 0.1) is 53.0 Å². The van der Waals surface area contributed by atoms with Gasteiger partial charge in [-0.25, -0.2) is 13.8 Å². The van der Waals surface area contributed by atoms with Gasteiger partial charge in [0.15, 0.2) is 17.3 Å². The number of anilines is 2. The Hall–Kier alpha value is -3.31. The summed E-state index contributed by atoms with van der Waals surface area (Å²) in [5.41, 5.74) is 1.84. The van der Waals surface area contributed by atoms with E-state index in [1.807, 2.05) is 6.92 Å². The van der Waals surface area contributed by atoms with Crippen molar-refractivity contribution in [3.05, 3.63) is 35.6 Å². The van der Waals surface area contributed by atoms with Crippen molar-refractivity contribution >= 4 is 45.6 Å². The number of hydrogen-bond acceptors (Lipinski definition) is 6. The van der Waals surface area contributed by atoms with Crippen molar-refractivity contribution in [2.24, 2.45) is 5.92 Å². The van der Waals surface area contributed by atoms with Crippen LogP contribution in [0.4, 0.5) is 20.3 Å². The molecular formula is C21H20ClF2N7O2. The van der Waals surface area contributed by atoms with E-state index in [1.165, 1.54) is 6.20 Å². The van der Waals surface area contributed by atoms with Gasteiger partial charge in [0, 0.05) is 30.3 Å². The van der Waals surface area contributed by atoms with Crippen LogP contribution in [0.15, 0.2) is 24.8 Å². The molecule has 1 fully saturated rings. The molecule has 0 saturated heterocycles. The van der Waals surface area contributed by atoms with Crippen LogP contribution in [0.1, 0.15) is 13.3 Å². The lowest BCUT2D eigenvalue weighted by Crippen LogP contribution is -2.21. The largest absolute Gasteiger partial charge is 0.383 e. The molecule has 3 atom stereocenters. The van der Waals surface area contributed by atoms with Gasteiger partial charge in [0.1, 0.15) is 6.17 Å². The zero-order valence-electron chi connectivity index (χ0n) is 17.7. The predicted octanol–water partition coefficient (Wildman–Crippen LogP) is 3.81. The first-order valence-electron chi connectivity index (χ1n) is 10.3. The third kappa shape index (κ3) is 3.87. The van der Waals surface area contributed by atoms with Crippen molar-refractivity contribution in [1.29, 1.82) is 0 Å². The zero-order chi connectivity index (χ0) is 23.3. The molecule has 0 spiro atoms. The summed E-state index contributed by atoms with van der Waals surface area (Å²) in [5, 5.41) is 13.0. The number of aromatic nitrogens is 5. The van der Waals surface area contributed by atoms with Crippen LogP contribution in [0.3, 0.4) is 0 Å². The van der Waals surface area contributed by atoms with Crippen LogP contribution in [-0.2, 0) is 9.53 Å². The van der Waals surface area contributed by atoms with Gasteiger partial charge in [-0.1, -0.05) is 11.6 Å². The molecule has 12 heteroatoms. The number of H-pyrrole nitrogens is 1. The molecule has 0 aliphatic heterocycles. The average molecular weight is 476 g/mol. The number of rotatable bonds is 7. The maximum Gasteiger partial charge on any atom is 0.231 e. The number of imidazole rings is 1. The fourth-order valence-corrected chi connectivity index (χ4v) is 4.07. The second-order valence-corrected chi connectivity index (χ2v) is 8.43. The van der Waals surface area contributed by atoms with Gasteiger partial charge < -0.3 is 19.8 Å². The summed E-state index contributed by atoms with van der Waals surface area (Å²) in [7, 11) is 1.56. The Balaban J connectivity index is 1.53. The summed E-state index contributed by atoms with van der Waals surface area (Å²) in [6.07, 6.45) is 5.36. The van der Waals surface area contributed by atoms with Crippen molar-refractivity contribution in [2.45, 2.75) is 25.6 Å². The van der Waals surface area contributed by atoms with Gasteiger partial charge >= 0.3 is 0 Å². The smallest absolute Gasteiger partial charge is 0.231 e. The number of hydrogen-bond donors (Lipinski definition) is 3. The minimum absolute atomic E-state index is 0.112. The number of nitrogens with one attached hydrogen (secondary N) is 3. The van der Waals surface area contributed by atoms with E-state index in [0.29, 0.717) is 34.4 Å². The summed E-state index contributed by atoms with van der Waals surface area (Å²) in [5.74, 6) is -1.40. The van der Waals surface area contributed by atoms with E-state index >= 15 is 4.39 Å². The summed E-state index contributed by atoms with van der Waals surface area (Å²) in [6.45, 7) is 2.23. The zero-order valence-corrected chi connectivity index (χ0v) is 18.5. The van der Waals surface area contributed by atoms with Crippen LogP contribution in [-0.4, -0.2) is 56.4 Å². The molecule has 1 amide bonds. The number of carbonyl (C=O) groups is 1. The molecule has 172 valence electrons. The van der Waals surface area contributed by atoms with Crippen LogP contribution in [0.5, 0.6) is 0 Å². The molecule has 0 radical (unpaired) electrons. The molecule has 3 unspecified atom stereocenters. The minimum atomic E-state index is -1.10. The molecule has 0 bridgehead atoms.